The van der Waals surface area contributed by atoms with Gasteiger partial charge in [-0.25, -0.2) is 0 Å². The van der Waals surface area contributed by atoms with Crippen molar-refractivity contribution in [1.29, 1.82) is 0 Å². The van der Waals surface area contributed by atoms with Crippen LogP contribution in [0.1, 0.15) is 22.8 Å². The Morgan fingerprint density at radius 3 is 2.59 bits per heavy atom. The second kappa shape index (κ2) is 5.43. The van der Waals surface area contributed by atoms with Crippen molar-refractivity contribution in [2.45, 2.75) is 19.4 Å². The molecule has 1 aromatic heterocycles. The van der Waals surface area contributed by atoms with Crippen LogP contribution in [0.25, 0.3) is 0 Å². The lowest BCUT2D eigenvalue weighted by atomic mass is 10.0. The van der Waals surface area contributed by atoms with Gasteiger partial charge in [0, 0.05) is 23.3 Å². The largest absolute Gasteiger partial charge is 0.388 e. The zero-order valence-electron chi connectivity index (χ0n) is 9.60. The highest BCUT2D eigenvalue weighted by atomic mass is 79.9. The maximum atomic E-state index is 10.1. The van der Waals surface area contributed by atoms with E-state index in [2.05, 4.69) is 20.9 Å². The predicted molar refractivity (Wildman–Crippen MR) is 71.8 cm³/mol. The molecule has 0 aliphatic rings. The first-order valence-electron chi connectivity index (χ1n) is 5.50. The third-order valence-electron chi connectivity index (χ3n) is 2.76. The van der Waals surface area contributed by atoms with Gasteiger partial charge in [-0.05, 0) is 41.8 Å². The summed E-state index contributed by atoms with van der Waals surface area (Å²) in [6.45, 7) is 2.03. The molecule has 0 radical (unpaired) electrons. The minimum absolute atomic E-state index is 0.478. The maximum absolute atomic E-state index is 10.1. The van der Waals surface area contributed by atoms with Gasteiger partial charge >= 0.3 is 0 Å². The topological polar surface area (TPSA) is 33.1 Å². The monoisotopic (exact) mass is 291 g/mol. The summed E-state index contributed by atoms with van der Waals surface area (Å²) in [5, 5.41) is 10.1. The number of benzene rings is 1. The molecular weight excluding hydrogens is 278 g/mol. The van der Waals surface area contributed by atoms with Gasteiger partial charge in [-0.3, -0.25) is 4.98 Å². The van der Waals surface area contributed by atoms with Crippen LogP contribution in [0.3, 0.4) is 0 Å². The fourth-order valence-electron chi connectivity index (χ4n) is 1.68. The van der Waals surface area contributed by atoms with E-state index >= 15 is 0 Å². The van der Waals surface area contributed by atoms with Gasteiger partial charge in [0.1, 0.15) is 0 Å². The summed E-state index contributed by atoms with van der Waals surface area (Å²) in [4.78, 5) is 3.96. The number of rotatable bonds is 3. The molecule has 1 aromatic carbocycles. The Hall–Kier alpha value is -1.19. The summed E-state index contributed by atoms with van der Waals surface area (Å²) < 4.78 is 1.03. The molecule has 1 N–H and O–H groups in total. The van der Waals surface area contributed by atoms with Crippen LogP contribution >= 0.6 is 15.9 Å². The summed E-state index contributed by atoms with van der Waals surface area (Å²) in [7, 11) is 0. The lowest BCUT2D eigenvalue weighted by Gasteiger charge is -2.12. The van der Waals surface area contributed by atoms with E-state index in [1.807, 2.05) is 37.3 Å². The molecule has 1 heterocycles. The number of aliphatic hydroxyl groups excluding tert-OH is 1. The highest BCUT2D eigenvalue weighted by Gasteiger charge is 2.09. The van der Waals surface area contributed by atoms with Crippen LogP contribution in [0.15, 0.2) is 47.2 Å². The van der Waals surface area contributed by atoms with Gasteiger partial charge < -0.3 is 5.11 Å². The van der Waals surface area contributed by atoms with Crippen molar-refractivity contribution in [1.82, 2.24) is 4.98 Å². The molecule has 1 atom stereocenters. The molecule has 0 saturated heterocycles. The fraction of sp³-hybridized carbons (Fsp3) is 0.214. The summed E-state index contributed by atoms with van der Waals surface area (Å²) in [6.07, 6.45) is 3.62. The van der Waals surface area contributed by atoms with Crippen LogP contribution < -0.4 is 0 Å². The van der Waals surface area contributed by atoms with Crippen LogP contribution in [0.4, 0.5) is 0 Å². The molecule has 3 heteroatoms. The lowest BCUT2D eigenvalue weighted by Crippen LogP contribution is -2.02. The van der Waals surface area contributed by atoms with Gasteiger partial charge in [-0.2, -0.15) is 0 Å². The summed E-state index contributed by atoms with van der Waals surface area (Å²) in [6, 6.07) is 9.79. The Labute approximate surface area is 109 Å². The van der Waals surface area contributed by atoms with E-state index in [4.69, 9.17) is 0 Å². The smallest absolute Gasteiger partial charge is 0.0830 e. The van der Waals surface area contributed by atoms with E-state index in [0.717, 1.165) is 15.6 Å². The van der Waals surface area contributed by atoms with Gasteiger partial charge in [0.25, 0.3) is 0 Å². The van der Waals surface area contributed by atoms with Gasteiger partial charge in [-0.15, -0.1) is 0 Å². The first-order valence-corrected chi connectivity index (χ1v) is 6.29. The maximum Gasteiger partial charge on any atom is 0.0830 e. The Morgan fingerprint density at radius 1 is 1.24 bits per heavy atom. The van der Waals surface area contributed by atoms with Gasteiger partial charge in [0.2, 0.25) is 0 Å². The summed E-state index contributed by atoms with van der Waals surface area (Å²) in [5.74, 6) is 0. The average Bonchev–Trinajstić information content (AvgIpc) is 2.34. The van der Waals surface area contributed by atoms with Crippen LogP contribution in [-0.4, -0.2) is 10.1 Å². The quantitative estimate of drug-likeness (QED) is 0.940. The molecular formula is C14H14BrNO. The van der Waals surface area contributed by atoms with Crippen LogP contribution in [0, 0.1) is 6.92 Å². The van der Waals surface area contributed by atoms with Crippen molar-refractivity contribution >= 4 is 15.9 Å². The zero-order chi connectivity index (χ0) is 12.3. The molecule has 0 aliphatic carbocycles. The number of halogens is 1. The molecule has 17 heavy (non-hydrogen) atoms. The minimum Gasteiger partial charge on any atom is -0.388 e. The van der Waals surface area contributed by atoms with Crippen molar-refractivity contribution in [2.24, 2.45) is 0 Å². The molecule has 0 spiro atoms. The molecule has 0 bridgehead atoms. The molecule has 1 unspecified atom stereocenters. The molecule has 0 aliphatic heterocycles. The zero-order valence-corrected chi connectivity index (χ0v) is 11.2. The van der Waals surface area contributed by atoms with E-state index in [-0.39, 0.29) is 0 Å². The lowest BCUT2D eigenvalue weighted by molar-refractivity contribution is 0.178. The predicted octanol–water partition coefficient (Wildman–Crippen LogP) is 3.43. The SMILES string of the molecule is Cc1ccc(C(O)Cc2ccncc2)cc1Br. The van der Waals surface area contributed by atoms with Crippen LogP contribution in [0.5, 0.6) is 0 Å². The van der Waals surface area contributed by atoms with Gasteiger partial charge in [-0.1, -0.05) is 28.1 Å². The van der Waals surface area contributed by atoms with Crippen molar-refractivity contribution in [3.63, 3.8) is 0 Å². The Morgan fingerprint density at radius 2 is 1.94 bits per heavy atom. The van der Waals surface area contributed by atoms with E-state index in [0.29, 0.717) is 6.42 Å². The summed E-state index contributed by atoms with van der Waals surface area (Å²) >= 11 is 3.48. The van der Waals surface area contributed by atoms with E-state index in [9.17, 15) is 5.11 Å². The number of aliphatic hydroxyl groups is 1. The number of aryl methyl sites for hydroxylation is 1. The number of pyridine rings is 1. The second-order valence-corrected chi connectivity index (χ2v) is 4.94. The number of hydrogen-bond donors (Lipinski definition) is 1. The molecule has 0 saturated carbocycles. The summed E-state index contributed by atoms with van der Waals surface area (Å²) in [5.41, 5.74) is 3.19. The molecule has 88 valence electrons. The first kappa shape index (κ1) is 12.3. The first-order chi connectivity index (χ1) is 8.16. The number of aromatic nitrogens is 1. The van der Waals surface area contributed by atoms with Crippen molar-refractivity contribution < 1.29 is 5.11 Å². The van der Waals surface area contributed by atoms with Crippen LogP contribution in [-0.2, 0) is 6.42 Å². The van der Waals surface area contributed by atoms with Gasteiger partial charge in [0.15, 0.2) is 0 Å². The molecule has 2 aromatic rings. The average molecular weight is 292 g/mol. The molecule has 0 amide bonds. The second-order valence-electron chi connectivity index (χ2n) is 4.08. The fourth-order valence-corrected chi connectivity index (χ4v) is 2.07. The third-order valence-corrected chi connectivity index (χ3v) is 3.61. The Kier molecular flexibility index (Phi) is 3.92. The van der Waals surface area contributed by atoms with Gasteiger partial charge in [0.05, 0.1) is 6.10 Å². The normalized spacial score (nSPS) is 12.4. The molecule has 2 rings (SSSR count). The number of hydrogen-bond acceptors (Lipinski definition) is 2. The van der Waals surface area contributed by atoms with Crippen molar-refractivity contribution in [3.8, 4) is 0 Å². The Balaban J connectivity index is 2.14. The van der Waals surface area contributed by atoms with Crippen LogP contribution in [0.2, 0.25) is 0 Å². The van der Waals surface area contributed by atoms with E-state index in [1.54, 1.807) is 12.4 Å². The molecule has 0 fully saturated rings. The molecule has 2 nitrogen and oxygen atoms in total. The Bertz CT molecular complexity index is 499. The number of nitrogens with zero attached hydrogens (tertiary/aromatic N) is 1. The van der Waals surface area contributed by atoms with Crippen molar-refractivity contribution in [2.75, 3.05) is 0 Å². The van der Waals surface area contributed by atoms with Crippen molar-refractivity contribution in [3.05, 3.63) is 63.9 Å². The third kappa shape index (κ3) is 3.14. The highest BCUT2D eigenvalue weighted by Crippen LogP contribution is 2.24. The minimum atomic E-state index is -0.478. The standard InChI is InChI=1S/C14H14BrNO/c1-10-2-3-12(9-13(10)15)14(17)8-11-4-6-16-7-5-11/h2-7,9,14,17H,8H2,1H3. The van der Waals surface area contributed by atoms with E-state index in [1.165, 1.54) is 5.56 Å². The highest BCUT2D eigenvalue weighted by molar-refractivity contribution is 9.10. The van der Waals surface area contributed by atoms with E-state index < -0.39 is 6.10 Å².